The van der Waals surface area contributed by atoms with Crippen LogP contribution in [-0.4, -0.2) is 0 Å². The molecule has 2 nitrogen and oxygen atoms in total. The first-order valence-electron chi connectivity index (χ1n) is 14.7. The van der Waals surface area contributed by atoms with E-state index in [4.69, 9.17) is 21.3 Å². The van der Waals surface area contributed by atoms with E-state index in [0.29, 0.717) is 0 Å². The maximum Gasteiger partial charge on any atom is 0.144 e. The van der Waals surface area contributed by atoms with Gasteiger partial charge >= 0.3 is 0 Å². The first-order valence-corrected chi connectivity index (χ1v) is 17.5. The molecule has 44 heavy (non-hydrogen) atoms. The molecule has 0 amide bonds. The summed E-state index contributed by atoms with van der Waals surface area (Å²) in [4.78, 5) is 0. The van der Waals surface area contributed by atoms with Crippen LogP contribution in [0.4, 0.5) is 0 Å². The molecule has 2 heterocycles. The van der Waals surface area contributed by atoms with Crippen LogP contribution in [0.2, 0.25) is 0 Å². The van der Waals surface area contributed by atoms with Crippen molar-refractivity contribution in [2.75, 3.05) is 0 Å². The van der Waals surface area contributed by atoms with Gasteiger partial charge in [0.15, 0.2) is 0 Å². The summed E-state index contributed by atoms with van der Waals surface area (Å²) >= 11 is 6.80. The van der Waals surface area contributed by atoms with Gasteiger partial charge in [-0.05, 0) is 87.3 Å². The maximum atomic E-state index is 6.89. The highest BCUT2D eigenvalue weighted by Gasteiger charge is 2.43. The predicted octanol–water partition coefficient (Wildman–Crippen LogP) is 9.81. The van der Waals surface area contributed by atoms with E-state index in [1.54, 1.807) is 0 Å². The lowest BCUT2D eigenvalue weighted by Gasteiger charge is -2.38. The molecule has 0 aliphatic carbocycles. The minimum absolute atomic E-state index is 0.782. The summed E-state index contributed by atoms with van der Waals surface area (Å²) in [7, 11) is 0. The van der Waals surface area contributed by atoms with Gasteiger partial charge in [-0.15, -0.1) is 0 Å². The SMILES string of the molecule is S=P12c3ccccc3Oc3cc(-c4cc(-c5ccccc5)cc(-c5ccccc5)c4)cc(c31)Oc1c2ccc2ccccc12. The largest absolute Gasteiger partial charge is 0.456 e. The van der Waals surface area contributed by atoms with Gasteiger partial charge in [0.2, 0.25) is 0 Å². The fraction of sp³-hybridized carbons (Fsp3) is 0. The number of hydrogen-bond acceptors (Lipinski definition) is 3. The van der Waals surface area contributed by atoms with E-state index >= 15 is 0 Å². The first-order chi connectivity index (χ1) is 21.7. The lowest BCUT2D eigenvalue weighted by atomic mass is 9.93. The smallest absolute Gasteiger partial charge is 0.144 e. The predicted molar refractivity (Wildman–Crippen MR) is 186 cm³/mol. The Balaban J connectivity index is 1.31. The molecular formula is C40H25O2PS. The highest BCUT2D eigenvalue weighted by atomic mass is 32.4. The third kappa shape index (κ3) is 3.84. The Labute approximate surface area is 261 Å². The normalized spacial score (nSPS) is 15.8. The lowest BCUT2D eigenvalue weighted by molar-refractivity contribution is 0.469. The average molecular weight is 601 g/mol. The van der Waals surface area contributed by atoms with Gasteiger partial charge in [0, 0.05) is 16.0 Å². The summed E-state index contributed by atoms with van der Waals surface area (Å²) in [5.74, 6) is 3.26. The van der Waals surface area contributed by atoms with E-state index in [0.717, 1.165) is 71.9 Å². The number of para-hydroxylation sites is 1. The molecule has 0 fully saturated rings. The summed E-state index contributed by atoms with van der Waals surface area (Å²) in [6.07, 6.45) is 0. The zero-order chi connectivity index (χ0) is 29.3. The van der Waals surface area contributed by atoms with Crippen LogP contribution in [0.1, 0.15) is 0 Å². The molecular weight excluding hydrogens is 575 g/mol. The van der Waals surface area contributed by atoms with E-state index < -0.39 is 6.04 Å². The third-order valence-corrected chi connectivity index (χ3v) is 13.5. The average Bonchev–Trinajstić information content (AvgIpc) is 3.09. The fourth-order valence-electron chi connectivity index (χ4n) is 6.59. The summed E-state index contributed by atoms with van der Waals surface area (Å²) in [5, 5.41) is 5.38. The van der Waals surface area contributed by atoms with E-state index in [9.17, 15) is 0 Å². The zero-order valence-electron chi connectivity index (χ0n) is 23.6. The molecule has 0 spiro atoms. The number of fused-ring (bicyclic) bond motifs is 6. The molecule has 0 aromatic heterocycles. The summed E-state index contributed by atoms with van der Waals surface area (Å²) < 4.78 is 13.6. The second kappa shape index (κ2) is 9.79. The van der Waals surface area contributed by atoms with Gasteiger partial charge in [0.25, 0.3) is 0 Å². The molecule has 0 radical (unpaired) electrons. The highest BCUT2D eigenvalue weighted by molar-refractivity contribution is 8.26. The Kier molecular flexibility index (Phi) is 5.68. The van der Waals surface area contributed by atoms with Crippen molar-refractivity contribution >= 4 is 44.5 Å². The Morgan fingerprint density at radius 3 is 1.66 bits per heavy atom. The molecule has 0 saturated heterocycles. The topological polar surface area (TPSA) is 18.5 Å². The van der Waals surface area contributed by atoms with Crippen molar-refractivity contribution in [3.8, 4) is 56.4 Å². The third-order valence-electron chi connectivity index (χ3n) is 8.67. The monoisotopic (exact) mass is 600 g/mol. The molecule has 4 heteroatoms. The van der Waals surface area contributed by atoms with Crippen LogP contribution in [0.5, 0.6) is 23.0 Å². The molecule has 9 rings (SSSR count). The Morgan fingerprint density at radius 1 is 0.409 bits per heavy atom. The zero-order valence-corrected chi connectivity index (χ0v) is 25.3. The fourth-order valence-corrected chi connectivity index (χ4v) is 11.1. The van der Waals surface area contributed by atoms with Crippen LogP contribution in [0.15, 0.2) is 152 Å². The molecule has 7 aromatic carbocycles. The molecule has 0 bridgehead atoms. The molecule has 1 atom stereocenters. The van der Waals surface area contributed by atoms with Crippen molar-refractivity contribution in [1.29, 1.82) is 0 Å². The van der Waals surface area contributed by atoms with E-state index in [2.05, 4.69) is 140 Å². The molecule has 208 valence electrons. The summed E-state index contributed by atoms with van der Waals surface area (Å²) in [6, 6.07) is 50.7. The van der Waals surface area contributed by atoms with Crippen LogP contribution >= 0.6 is 6.04 Å². The van der Waals surface area contributed by atoms with Crippen LogP contribution in [0.3, 0.4) is 0 Å². The number of hydrogen-bond donors (Lipinski definition) is 0. The molecule has 0 N–H and O–H groups in total. The van der Waals surface area contributed by atoms with Gasteiger partial charge in [-0.3, -0.25) is 0 Å². The van der Waals surface area contributed by atoms with Crippen molar-refractivity contribution < 1.29 is 9.47 Å². The van der Waals surface area contributed by atoms with Crippen LogP contribution in [-0.2, 0) is 11.8 Å². The van der Waals surface area contributed by atoms with Crippen LogP contribution < -0.4 is 25.4 Å². The minimum atomic E-state index is -2.46. The van der Waals surface area contributed by atoms with Crippen molar-refractivity contribution in [2.45, 2.75) is 0 Å². The standard InChI is InChI=1S/C40H25O2PS/c44-43-37-18-10-9-17-34(37)41-35-24-32(25-36(40(35)43)42-39-33-16-8-7-15-28(33)19-20-38(39)43)31-22-29(26-11-3-1-4-12-26)21-30(23-31)27-13-5-2-6-14-27/h1-25H. The van der Waals surface area contributed by atoms with E-state index in [-0.39, 0.29) is 0 Å². The van der Waals surface area contributed by atoms with E-state index in [1.165, 1.54) is 11.1 Å². The van der Waals surface area contributed by atoms with Crippen molar-refractivity contribution in [3.63, 3.8) is 0 Å². The minimum Gasteiger partial charge on any atom is -0.456 e. The molecule has 1 unspecified atom stereocenters. The van der Waals surface area contributed by atoms with Gasteiger partial charge in [-0.2, -0.15) is 0 Å². The second-order valence-corrected chi connectivity index (χ2v) is 15.5. The van der Waals surface area contributed by atoms with E-state index in [1.807, 2.05) is 12.1 Å². The second-order valence-electron chi connectivity index (χ2n) is 11.3. The summed E-state index contributed by atoms with van der Waals surface area (Å²) in [5.41, 5.74) is 6.76. The Morgan fingerprint density at radius 2 is 0.955 bits per heavy atom. The van der Waals surface area contributed by atoms with Gasteiger partial charge in [0.05, 0.1) is 11.3 Å². The molecule has 7 aromatic rings. The number of benzene rings is 7. The van der Waals surface area contributed by atoms with Gasteiger partial charge < -0.3 is 9.47 Å². The maximum absolute atomic E-state index is 6.89. The highest BCUT2D eigenvalue weighted by Crippen LogP contribution is 2.60. The first kappa shape index (κ1) is 25.5. The van der Waals surface area contributed by atoms with Crippen molar-refractivity contribution in [3.05, 3.63) is 152 Å². The Hall–Kier alpha value is -4.95. The van der Waals surface area contributed by atoms with Crippen molar-refractivity contribution in [1.82, 2.24) is 0 Å². The number of ether oxygens (including phenoxy) is 2. The molecule has 0 saturated carbocycles. The summed E-state index contributed by atoms with van der Waals surface area (Å²) in [6.45, 7) is 0. The quantitative estimate of drug-likeness (QED) is 0.188. The number of rotatable bonds is 3. The van der Waals surface area contributed by atoms with Crippen LogP contribution in [0, 0.1) is 0 Å². The van der Waals surface area contributed by atoms with Gasteiger partial charge in [-0.25, -0.2) is 0 Å². The molecule has 2 aliphatic rings. The van der Waals surface area contributed by atoms with Gasteiger partial charge in [-0.1, -0.05) is 115 Å². The lowest BCUT2D eigenvalue weighted by Crippen LogP contribution is -2.35. The van der Waals surface area contributed by atoms with Crippen LogP contribution in [0.25, 0.3) is 44.2 Å². The molecule has 2 aliphatic heterocycles. The Bertz CT molecular complexity index is 2250. The van der Waals surface area contributed by atoms with Crippen molar-refractivity contribution in [2.24, 2.45) is 0 Å². The van der Waals surface area contributed by atoms with Gasteiger partial charge in [0.1, 0.15) is 23.0 Å².